The maximum Gasteiger partial charge on any atom is 0.231 e. The zero-order chi connectivity index (χ0) is 8.39. The molecule has 0 amide bonds. The minimum Gasteiger partial charge on any atom is -0.493 e. The van der Waals surface area contributed by atoms with Crippen molar-refractivity contribution in [1.29, 1.82) is 0 Å². The lowest BCUT2D eigenvalue weighted by molar-refractivity contribution is 0.174. The van der Waals surface area contributed by atoms with Gasteiger partial charge in [0.1, 0.15) is 5.75 Å². The van der Waals surface area contributed by atoms with Gasteiger partial charge in [0.05, 0.1) is 6.61 Å². The molecule has 3 heteroatoms. The Labute approximate surface area is 70.9 Å². The summed E-state index contributed by atoms with van der Waals surface area (Å²) in [6.45, 7) is 4.29. The smallest absolute Gasteiger partial charge is 0.231 e. The monoisotopic (exact) mass is 165 g/mol. The summed E-state index contributed by atoms with van der Waals surface area (Å²) in [5.41, 5.74) is 0. The predicted octanol–water partition coefficient (Wildman–Crippen LogP) is 1.63. The molecular weight excluding hydrogens is 156 g/mol. The molecule has 0 bridgehead atoms. The number of ether oxygens (including phenoxy) is 3. The van der Waals surface area contributed by atoms with Crippen LogP contribution >= 0.6 is 0 Å². The van der Waals surface area contributed by atoms with Crippen LogP contribution in [-0.4, -0.2) is 13.4 Å². The van der Waals surface area contributed by atoms with Crippen molar-refractivity contribution < 1.29 is 14.2 Å². The fourth-order valence-corrected chi connectivity index (χ4v) is 1.08. The fraction of sp³-hybridized carbons (Fsp3) is 0.222. The summed E-state index contributed by atoms with van der Waals surface area (Å²) >= 11 is 0. The van der Waals surface area contributed by atoms with E-state index in [1.807, 2.05) is 12.1 Å². The van der Waals surface area contributed by atoms with Crippen LogP contribution in [0.2, 0.25) is 0 Å². The molecule has 63 valence electrons. The van der Waals surface area contributed by atoms with Gasteiger partial charge in [-0.05, 0) is 19.1 Å². The first-order valence-corrected chi connectivity index (χ1v) is 3.72. The van der Waals surface area contributed by atoms with Crippen molar-refractivity contribution in [3.8, 4) is 17.2 Å². The van der Waals surface area contributed by atoms with Crippen LogP contribution in [0.5, 0.6) is 17.2 Å². The Morgan fingerprint density at radius 2 is 2.17 bits per heavy atom. The van der Waals surface area contributed by atoms with Gasteiger partial charge in [0.15, 0.2) is 11.5 Å². The Bertz CT molecular complexity index is 283. The molecule has 0 saturated carbocycles. The van der Waals surface area contributed by atoms with Crippen LogP contribution in [0.25, 0.3) is 0 Å². The van der Waals surface area contributed by atoms with Crippen molar-refractivity contribution in [2.75, 3.05) is 13.4 Å². The van der Waals surface area contributed by atoms with Gasteiger partial charge in [0.25, 0.3) is 0 Å². The van der Waals surface area contributed by atoms with E-state index in [2.05, 4.69) is 6.92 Å². The molecule has 1 aliphatic heterocycles. The summed E-state index contributed by atoms with van der Waals surface area (Å²) < 4.78 is 15.5. The third kappa shape index (κ3) is 1.18. The van der Waals surface area contributed by atoms with Gasteiger partial charge in [0, 0.05) is 6.07 Å². The van der Waals surface area contributed by atoms with Gasteiger partial charge in [-0.15, -0.1) is 0 Å². The summed E-state index contributed by atoms with van der Waals surface area (Å²) in [5.74, 6) is 2.27. The van der Waals surface area contributed by atoms with Gasteiger partial charge in [-0.1, -0.05) is 0 Å². The molecule has 0 spiro atoms. The maximum absolute atomic E-state index is 5.18. The van der Waals surface area contributed by atoms with Gasteiger partial charge in [0.2, 0.25) is 6.79 Å². The molecule has 1 radical (unpaired) electrons. The highest BCUT2D eigenvalue weighted by molar-refractivity contribution is 5.46. The number of fused-ring (bicyclic) bond motifs is 1. The standard InChI is InChI=1S/C9H9O3/c1-2-10-7-3-4-8-9(5-7)12-6-11-8/h3-5H,1-2,6H2. The number of benzene rings is 1. The molecule has 0 N–H and O–H groups in total. The molecule has 1 aliphatic rings. The average Bonchev–Trinajstić information content (AvgIpc) is 2.51. The maximum atomic E-state index is 5.18. The lowest BCUT2D eigenvalue weighted by atomic mass is 10.3. The van der Waals surface area contributed by atoms with Gasteiger partial charge in [-0.25, -0.2) is 0 Å². The summed E-state index contributed by atoms with van der Waals surface area (Å²) in [6, 6.07) is 5.46. The Morgan fingerprint density at radius 1 is 1.33 bits per heavy atom. The van der Waals surface area contributed by atoms with E-state index in [0.717, 1.165) is 17.2 Å². The average molecular weight is 165 g/mol. The highest BCUT2D eigenvalue weighted by Crippen LogP contribution is 2.34. The lowest BCUT2D eigenvalue weighted by Gasteiger charge is -2.02. The third-order valence-corrected chi connectivity index (χ3v) is 1.61. The second-order valence-corrected chi connectivity index (χ2v) is 2.36. The molecule has 1 heterocycles. The first-order valence-electron chi connectivity index (χ1n) is 3.72. The third-order valence-electron chi connectivity index (χ3n) is 1.61. The summed E-state index contributed by atoms with van der Waals surface area (Å²) in [6.07, 6.45) is 0. The highest BCUT2D eigenvalue weighted by Gasteiger charge is 2.13. The van der Waals surface area contributed by atoms with Gasteiger partial charge in [-0.2, -0.15) is 0 Å². The van der Waals surface area contributed by atoms with E-state index in [1.54, 1.807) is 6.07 Å². The Morgan fingerprint density at radius 3 is 3.00 bits per heavy atom. The molecule has 0 saturated heterocycles. The molecule has 3 nitrogen and oxygen atoms in total. The molecule has 0 atom stereocenters. The van der Waals surface area contributed by atoms with Crippen molar-refractivity contribution in [2.24, 2.45) is 0 Å². The van der Waals surface area contributed by atoms with Crippen LogP contribution in [0, 0.1) is 6.92 Å². The molecular formula is C9H9O3. The van der Waals surface area contributed by atoms with Crippen LogP contribution in [0.1, 0.15) is 0 Å². The highest BCUT2D eigenvalue weighted by atomic mass is 16.7. The minimum absolute atomic E-state index is 0.295. The topological polar surface area (TPSA) is 27.7 Å². The molecule has 1 aromatic carbocycles. The quantitative estimate of drug-likeness (QED) is 0.666. The molecule has 1 aromatic rings. The van der Waals surface area contributed by atoms with E-state index >= 15 is 0 Å². The summed E-state index contributed by atoms with van der Waals surface area (Å²) in [7, 11) is 0. The lowest BCUT2D eigenvalue weighted by Crippen LogP contribution is -1.93. The second-order valence-electron chi connectivity index (χ2n) is 2.36. The second kappa shape index (κ2) is 2.93. The Kier molecular flexibility index (Phi) is 1.78. The summed E-state index contributed by atoms with van der Waals surface area (Å²) in [5, 5.41) is 0. The fourth-order valence-electron chi connectivity index (χ4n) is 1.08. The molecule has 0 unspecified atom stereocenters. The van der Waals surface area contributed by atoms with Crippen LogP contribution in [0.3, 0.4) is 0 Å². The number of hydrogen-bond acceptors (Lipinski definition) is 3. The van der Waals surface area contributed by atoms with E-state index in [1.165, 1.54) is 0 Å². The van der Waals surface area contributed by atoms with Crippen LogP contribution in [0.15, 0.2) is 18.2 Å². The number of hydrogen-bond donors (Lipinski definition) is 0. The van der Waals surface area contributed by atoms with Crippen LogP contribution in [-0.2, 0) is 0 Å². The van der Waals surface area contributed by atoms with Crippen LogP contribution < -0.4 is 14.2 Å². The van der Waals surface area contributed by atoms with E-state index in [0.29, 0.717) is 13.4 Å². The van der Waals surface area contributed by atoms with Crippen molar-refractivity contribution in [1.82, 2.24) is 0 Å². The Hall–Kier alpha value is -1.38. The van der Waals surface area contributed by atoms with Gasteiger partial charge >= 0.3 is 0 Å². The van der Waals surface area contributed by atoms with Gasteiger partial charge in [-0.3, -0.25) is 0 Å². The zero-order valence-electron chi connectivity index (χ0n) is 6.58. The van der Waals surface area contributed by atoms with Crippen molar-refractivity contribution >= 4 is 0 Å². The zero-order valence-corrected chi connectivity index (χ0v) is 6.58. The molecule has 0 aliphatic carbocycles. The van der Waals surface area contributed by atoms with Crippen molar-refractivity contribution in [3.63, 3.8) is 0 Å². The first kappa shape index (κ1) is 7.28. The molecule has 0 aromatic heterocycles. The van der Waals surface area contributed by atoms with E-state index < -0.39 is 0 Å². The molecule has 2 rings (SSSR count). The predicted molar refractivity (Wildman–Crippen MR) is 43.4 cm³/mol. The number of rotatable bonds is 2. The largest absolute Gasteiger partial charge is 0.493 e. The normalized spacial score (nSPS) is 13.1. The molecule has 12 heavy (non-hydrogen) atoms. The first-order chi connectivity index (χ1) is 5.90. The van der Waals surface area contributed by atoms with E-state index in [9.17, 15) is 0 Å². The van der Waals surface area contributed by atoms with Crippen molar-refractivity contribution in [3.05, 3.63) is 25.1 Å². The van der Waals surface area contributed by atoms with Crippen LogP contribution in [0.4, 0.5) is 0 Å². The van der Waals surface area contributed by atoms with E-state index in [4.69, 9.17) is 14.2 Å². The summed E-state index contributed by atoms with van der Waals surface area (Å²) in [4.78, 5) is 0. The van der Waals surface area contributed by atoms with Crippen molar-refractivity contribution in [2.45, 2.75) is 0 Å². The SMILES string of the molecule is [CH2]COc1ccc2c(c1)OCO2. The van der Waals surface area contributed by atoms with Gasteiger partial charge < -0.3 is 14.2 Å². The van der Waals surface area contributed by atoms with E-state index in [-0.39, 0.29) is 0 Å². The Balaban J connectivity index is 2.26. The minimum atomic E-state index is 0.295. The molecule has 0 fully saturated rings.